The molecule has 0 radical (unpaired) electrons. The van der Waals surface area contributed by atoms with E-state index in [9.17, 15) is 9.59 Å². The summed E-state index contributed by atoms with van der Waals surface area (Å²) >= 11 is 8.66. The fourth-order valence-corrected chi connectivity index (χ4v) is 3.50. The lowest BCUT2D eigenvalue weighted by atomic mass is 10.2. The van der Waals surface area contributed by atoms with Crippen molar-refractivity contribution in [1.29, 1.82) is 0 Å². The van der Waals surface area contributed by atoms with Gasteiger partial charge in [-0.3, -0.25) is 14.9 Å². The van der Waals surface area contributed by atoms with Crippen molar-refractivity contribution in [1.82, 2.24) is 5.32 Å². The number of amides is 2. The van der Waals surface area contributed by atoms with Gasteiger partial charge in [-0.25, -0.2) is 0 Å². The number of anilines is 2. The molecule has 33 heavy (non-hydrogen) atoms. The van der Waals surface area contributed by atoms with Gasteiger partial charge >= 0.3 is 0 Å². The molecule has 0 aromatic heterocycles. The third-order valence-corrected chi connectivity index (χ3v) is 5.20. The standard InChI is InChI=1S/C24H22BrN3O4S/c1-31-12-13-32-21-11-10-17(15-20(21)25)23(30)28-24(33)27-19-9-5-6-16(14-19)22(29)26-18-7-3-2-4-8-18/h2-11,14-15H,12-13H2,1H3,(H,26,29)(H2,27,28,30,33). The molecule has 170 valence electrons. The van der Waals surface area contributed by atoms with Crippen molar-refractivity contribution in [2.24, 2.45) is 0 Å². The number of carbonyl (C=O) groups is 2. The van der Waals surface area contributed by atoms with Crippen LogP contribution in [0.3, 0.4) is 0 Å². The number of hydrogen-bond acceptors (Lipinski definition) is 5. The lowest BCUT2D eigenvalue weighted by molar-refractivity contribution is 0.0976. The Bertz CT molecular complexity index is 1140. The zero-order valence-electron chi connectivity index (χ0n) is 17.8. The van der Waals surface area contributed by atoms with Crippen LogP contribution in [0.2, 0.25) is 0 Å². The molecule has 0 aliphatic heterocycles. The van der Waals surface area contributed by atoms with Gasteiger partial charge in [-0.2, -0.15) is 0 Å². The highest BCUT2D eigenvalue weighted by Crippen LogP contribution is 2.26. The lowest BCUT2D eigenvalue weighted by Crippen LogP contribution is -2.34. The van der Waals surface area contributed by atoms with Crippen LogP contribution in [0.5, 0.6) is 5.75 Å². The Morgan fingerprint density at radius 3 is 2.30 bits per heavy atom. The first kappa shape index (κ1) is 24.4. The average Bonchev–Trinajstić information content (AvgIpc) is 2.81. The van der Waals surface area contributed by atoms with Crippen LogP contribution < -0.4 is 20.7 Å². The van der Waals surface area contributed by atoms with Crippen molar-refractivity contribution in [3.63, 3.8) is 0 Å². The highest BCUT2D eigenvalue weighted by Gasteiger charge is 2.12. The number of carbonyl (C=O) groups excluding carboxylic acids is 2. The second-order valence-corrected chi connectivity index (χ2v) is 8.06. The molecule has 0 spiro atoms. The molecule has 0 saturated carbocycles. The minimum atomic E-state index is -0.380. The molecule has 0 saturated heterocycles. The highest BCUT2D eigenvalue weighted by atomic mass is 79.9. The Labute approximate surface area is 205 Å². The zero-order valence-corrected chi connectivity index (χ0v) is 20.2. The van der Waals surface area contributed by atoms with Gasteiger partial charge in [0.1, 0.15) is 12.4 Å². The predicted octanol–water partition coefficient (Wildman–Crippen LogP) is 4.85. The van der Waals surface area contributed by atoms with Gasteiger partial charge in [-0.1, -0.05) is 24.3 Å². The van der Waals surface area contributed by atoms with Crippen LogP contribution in [-0.2, 0) is 4.74 Å². The maximum atomic E-state index is 12.6. The van der Waals surface area contributed by atoms with E-state index >= 15 is 0 Å². The van der Waals surface area contributed by atoms with Crippen LogP contribution in [-0.4, -0.2) is 37.3 Å². The second-order valence-electron chi connectivity index (χ2n) is 6.80. The van der Waals surface area contributed by atoms with Crippen molar-refractivity contribution in [2.75, 3.05) is 31.0 Å². The van der Waals surface area contributed by atoms with Gasteiger partial charge in [0.05, 0.1) is 11.1 Å². The minimum absolute atomic E-state index is 0.108. The molecule has 0 unspecified atom stereocenters. The maximum absolute atomic E-state index is 12.6. The molecule has 0 aliphatic rings. The summed E-state index contributed by atoms with van der Waals surface area (Å²) in [6.07, 6.45) is 0. The summed E-state index contributed by atoms with van der Waals surface area (Å²) in [4.78, 5) is 25.1. The van der Waals surface area contributed by atoms with E-state index in [-0.39, 0.29) is 16.9 Å². The molecule has 3 rings (SSSR count). The molecule has 3 aromatic carbocycles. The van der Waals surface area contributed by atoms with Crippen LogP contribution in [0, 0.1) is 0 Å². The molecule has 3 N–H and O–H groups in total. The first-order valence-corrected chi connectivity index (χ1v) is 11.2. The number of hydrogen-bond donors (Lipinski definition) is 3. The predicted molar refractivity (Wildman–Crippen MR) is 136 cm³/mol. The lowest BCUT2D eigenvalue weighted by Gasteiger charge is -2.12. The largest absolute Gasteiger partial charge is 0.490 e. The van der Waals surface area contributed by atoms with E-state index in [1.165, 1.54) is 0 Å². The monoisotopic (exact) mass is 527 g/mol. The van der Waals surface area contributed by atoms with Gasteiger partial charge in [0.2, 0.25) is 0 Å². The van der Waals surface area contributed by atoms with Gasteiger partial charge in [-0.15, -0.1) is 0 Å². The molecule has 0 aliphatic carbocycles. The maximum Gasteiger partial charge on any atom is 0.257 e. The minimum Gasteiger partial charge on any atom is -0.490 e. The zero-order chi connectivity index (χ0) is 23.6. The molecule has 9 heteroatoms. The average molecular weight is 528 g/mol. The van der Waals surface area contributed by atoms with E-state index < -0.39 is 0 Å². The van der Waals surface area contributed by atoms with E-state index in [2.05, 4.69) is 31.9 Å². The van der Waals surface area contributed by atoms with Crippen molar-refractivity contribution in [2.45, 2.75) is 0 Å². The van der Waals surface area contributed by atoms with Crippen LogP contribution in [0.4, 0.5) is 11.4 Å². The molecule has 3 aromatic rings. The summed E-state index contributed by atoms with van der Waals surface area (Å²) in [6, 6.07) is 21.0. The molecular formula is C24H22BrN3O4S. The number of ether oxygens (including phenoxy) is 2. The van der Waals surface area contributed by atoms with Crippen molar-refractivity contribution in [3.05, 3.63) is 88.4 Å². The third kappa shape index (κ3) is 7.38. The summed E-state index contributed by atoms with van der Waals surface area (Å²) < 4.78 is 11.2. The molecule has 0 bridgehead atoms. The van der Waals surface area contributed by atoms with Gasteiger partial charge in [0.25, 0.3) is 11.8 Å². The van der Waals surface area contributed by atoms with E-state index in [1.807, 2.05) is 18.2 Å². The van der Waals surface area contributed by atoms with Crippen LogP contribution in [0.1, 0.15) is 20.7 Å². The Balaban J connectivity index is 1.58. The number of para-hydroxylation sites is 1. The Hall–Kier alpha value is -3.27. The molecular weight excluding hydrogens is 506 g/mol. The third-order valence-electron chi connectivity index (χ3n) is 4.38. The summed E-state index contributed by atoms with van der Waals surface area (Å²) in [5, 5.41) is 8.50. The number of rotatable bonds is 8. The van der Waals surface area contributed by atoms with E-state index in [0.717, 1.165) is 0 Å². The normalized spacial score (nSPS) is 10.2. The Kier molecular flexibility index (Phi) is 8.94. The van der Waals surface area contributed by atoms with Crippen molar-refractivity contribution >= 4 is 56.4 Å². The molecule has 0 fully saturated rings. The van der Waals surface area contributed by atoms with Crippen LogP contribution in [0.15, 0.2) is 77.3 Å². The van der Waals surface area contributed by atoms with Crippen molar-refractivity contribution in [3.8, 4) is 5.75 Å². The SMILES string of the molecule is COCCOc1ccc(C(=O)NC(=S)Nc2cccc(C(=O)Nc3ccccc3)c2)cc1Br. The van der Waals surface area contributed by atoms with Gasteiger partial charge in [0.15, 0.2) is 5.11 Å². The van der Waals surface area contributed by atoms with Crippen LogP contribution >= 0.6 is 28.1 Å². The number of methoxy groups -OCH3 is 1. The quantitative estimate of drug-likeness (QED) is 0.286. The van der Waals surface area contributed by atoms with E-state index in [1.54, 1.807) is 61.7 Å². The smallest absolute Gasteiger partial charge is 0.257 e. The second kappa shape index (κ2) is 12.1. The summed E-state index contributed by atoms with van der Waals surface area (Å²) in [7, 11) is 1.60. The van der Waals surface area contributed by atoms with Crippen molar-refractivity contribution < 1.29 is 19.1 Å². The number of thiocarbonyl (C=S) groups is 1. The first-order valence-electron chi connectivity index (χ1n) is 9.96. The summed E-state index contributed by atoms with van der Waals surface area (Å²) in [5.41, 5.74) is 2.13. The molecule has 2 amide bonds. The Morgan fingerprint density at radius 2 is 1.58 bits per heavy atom. The number of benzene rings is 3. The number of halogens is 1. The summed E-state index contributed by atoms with van der Waals surface area (Å²) in [6.45, 7) is 0.862. The molecule has 0 atom stereocenters. The fraction of sp³-hybridized carbons (Fsp3) is 0.125. The Morgan fingerprint density at radius 1 is 0.848 bits per heavy atom. The van der Waals surface area contributed by atoms with E-state index in [0.29, 0.717) is 45.9 Å². The van der Waals surface area contributed by atoms with Crippen LogP contribution in [0.25, 0.3) is 0 Å². The molecule has 0 heterocycles. The summed E-state index contributed by atoms with van der Waals surface area (Å²) in [5.74, 6) is -0.0259. The topological polar surface area (TPSA) is 88.7 Å². The molecule has 7 nitrogen and oxygen atoms in total. The number of nitrogens with one attached hydrogen (secondary N) is 3. The van der Waals surface area contributed by atoms with Gasteiger partial charge < -0.3 is 20.1 Å². The first-order chi connectivity index (χ1) is 16.0. The van der Waals surface area contributed by atoms with Gasteiger partial charge in [0, 0.05) is 29.6 Å². The fourth-order valence-electron chi connectivity index (χ4n) is 2.79. The van der Waals surface area contributed by atoms with E-state index in [4.69, 9.17) is 21.7 Å². The van der Waals surface area contributed by atoms with Gasteiger partial charge in [-0.05, 0) is 76.7 Å². The highest BCUT2D eigenvalue weighted by molar-refractivity contribution is 9.10.